The quantitative estimate of drug-likeness (QED) is 0.835. The first-order chi connectivity index (χ1) is 6.72. The number of hydrogen-bond acceptors (Lipinski definition) is 3. The Bertz CT molecular complexity index is 297. The van der Waals surface area contributed by atoms with Crippen LogP contribution in [0, 0.1) is 0 Å². The third kappa shape index (κ3) is 3.89. The molecule has 1 N–H and O–H groups in total. The highest BCUT2D eigenvalue weighted by Crippen LogP contribution is 2.09. The number of carbonyl (C=O) groups is 1. The summed E-state index contributed by atoms with van der Waals surface area (Å²) in [5.74, 6) is -0.248. The summed E-state index contributed by atoms with van der Waals surface area (Å²) in [5, 5.41) is 2.98. The molecule has 0 fully saturated rings. The van der Waals surface area contributed by atoms with Crippen LogP contribution < -0.4 is 5.32 Å². The number of ether oxygens (including phenoxy) is 1. The van der Waals surface area contributed by atoms with Crippen LogP contribution in [0.1, 0.15) is 5.56 Å². The fraction of sp³-hybridized carbons (Fsp3) is 0.300. The van der Waals surface area contributed by atoms with Crippen molar-refractivity contribution < 1.29 is 9.53 Å². The van der Waals surface area contributed by atoms with Crippen LogP contribution in [0.15, 0.2) is 28.7 Å². The molecule has 0 aliphatic rings. The molecule has 1 aromatic carbocycles. The Morgan fingerprint density at radius 2 is 2.07 bits per heavy atom. The van der Waals surface area contributed by atoms with Gasteiger partial charge in [0, 0.05) is 11.0 Å². The molecule has 0 atom stereocenters. The van der Waals surface area contributed by atoms with Crippen molar-refractivity contribution in [3.63, 3.8) is 0 Å². The van der Waals surface area contributed by atoms with Crippen LogP contribution in [0.25, 0.3) is 0 Å². The lowest BCUT2D eigenvalue weighted by atomic mass is 10.2. The van der Waals surface area contributed by atoms with Crippen molar-refractivity contribution in [2.24, 2.45) is 0 Å². The molecule has 0 aliphatic heterocycles. The molecule has 1 aromatic rings. The molecule has 0 heterocycles. The molecule has 0 bridgehead atoms. The van der Waals surface area contributed by atoms with Gasteiger partial charge in [-0.2, -0.15) is 0 Å². The molecule has 1 rings (SSSR count). The van der Waals surface area contributed by atoms with Crippen LogP contribution >= 0.6 is 15.9 Å². The monoisotopic (exact) mass is 257 g/mol. The van der Waals surface area contributed by atoms with Gasteiger partial charge in [-0.3, -0.25) is 4.79 Å². The van der Waals surface area contributed by atoms with Crippen molar-refractivity contribution in [2.75, 3.05) is 13.7 Å². The topological polar surface area (TPSA) is 38.3 Å². The highest BCUT2D eigenvalue weighted by molar-refractivity contribution is 9.10. The molecule has 0 saturated carbocycles. The van der Waals surface area contributed by atoms with Crippen LogP contribution in [0.5, 0.6) is 0 Å². The molecule has 14 heavy (non-hydrogen) atoms. The van der Waals surface area contributed by atoms with E-state index in [0.717, 1.165) is 10.0 Å². The highest BCUT2D eigenvalue weighted by Gasteiger charge is 1.98. The smallest absolute Gasteiger partial charge is 0.319 e. The minimum Gasteiger partial charge on any atom is -0.468 e. The molecule has 0 aliphatic carbocycles. The number of benzene rings is 1. The maximum Gasteiger partial charge on any atom is 0.319 e. The van der Waals surface area contributed by atoms with E-state index < -0.39 is 0 Å². The Kier molecular flexibility index (Phi) is 4.62. The largest absolute Gasteiger partial charge is 0.468 e. The molecular weight excluding hydrogens is 246 g/mol. The Labute approximate surface area is 91.6 Å². The minimum atomic E-state index is -0.248. The van der Waals surface area contributed by atoms with Crippen molar-refractivity contribution >= 4 is 21.9 Å². The lowest BCUT2D eigenvalue weighted by molar-refractivity contribution is -0.139. The van der Waals surface area contributed by atoms with Crippen molar-refractivity contribution in [3.05, 3.63) is 34.3 Å². The van der Waals surface area contributed by atoms with Gasteiger partial charge in [-0.05, 0) is 17.7 Å². The lowest BCUT2D eigenvalue weighted by Gasteiger charge is -2.03. The number of methoxy groups -OCH3 is 1. The average molecular weight is 258 g/mol. The first-order valence-electron chi connectivity index (χ1n) is 4.24. The van der Waals surface area contributed by atoms with Gasteiger partial charge in [0.2, 0.25) is 0 Å². The Hall–Kier alpha value is -0.870. The maximum absolute atomic E-state index is 10.8. The number of esters is 1. The zero-order chi connectivity index (χ0) is 10.4. The second-order valence-corrected chi connectivity index (χ2v) is 3.72. The summed E-state index contributed by atoms with van der Waals surface area (Å²) >= 11 is 3.35. The van der Waals surface area contributed by atoms with Gasteiger partial charge in [0.25, 0.3) is 0 Å². The number of nitrogens with one attached hydrogen (secondary N) is 1. The van der Waals surface area contributed by atoms with E-state index >= 15 is 0 Å². The second-order valence-electron chi connectivity index (χ2n) is 2.81. The summed E-state index contributed by atoms with van der Waals surface area (Å²) in [6.45, 7) is 0.912. The fourth-order valence-electron chi connectivity index (χ4n) is 0.983. The third-order valence-corrected chi connectivity index (χ3v) is 2.27. The molecular formula is C10H12BrNO2. The second kappa shape index (κ2) is 5.78. The van der Waals surface area contributed by atoms with E-state index in [-0.39, 0.29) is 12.5 Å². The summed E-state index contributed by atoms with van der Waals surface area (Å²) in [6.07, 6.45) is 0. The molecule has 0 unspecified atom stereocenters. The zero-order valence-electron chi connectivity index (χ0n) is 7.92. The van der Waals surface area contributed by atoms with Gasteiger partial charge in [0.1, 0.15) is 0 Å². The molecule has 0 saturated heterocycles. The van der Waals surface area contributed by atoms with Gasteiger partial charge in [0.15, 0.2) is 0 Å². The van der Waals surface area contributed by atoms with E-state index in [1.807, 2.05) is 24.3 Å². The van der Waals surface area contributed by atoms with Gasteiger partial charge in [-0.15, -0.1) is 0 Å². The predicted octanol–water partition coefficient (Wildman–Crippen LogP) is 1.71. The molecule has 0 amide bonds. The Morgan fingerprint density at radius 1 is 1.43 bits per heavy atom. The van der Waals surface area contributed by atoms with Crippen molar-refractivity contribution in [1.82, 2.24) is 5.32 Å². The van der Waals surface area contributed by atoms with E-state index in [1.165, 1.54) is 7.11 Å². The molecule has 0 aromatic heterocycles. The van der Waals surface area contributed by atoms with Crippen LogP contribution in [-0.4, -0.2) is 19.6 Å². The number of rotatable bonds is 4. The van der Waals surface area contributed by atoms with Gasteiger partial charge in [0.05, 0.1) is 13.7 Å². The number of halogens is 1. The van der Waals surface area contributed by atoms with Crippen molar-refractivity contribution in [1.29, 1.82) is 0 Å². The standard InChI is InChI=1S/C10H12BrNO2/c1-14-10(13)7-12-6-8-2-4-9(11)5-3-8/h2-5,12H,6-7H2,1H3. The van der Waals surface area contributed by atoms with Gasteiger partial charge in [-0.25, -0.2) is 0 Å². The molecule has 3 nitrogen and oxygen atoms in total. The zero-order valence-corrected chi connectivity index (χ0v) is 9.50. The maximum atomic E-state index is 10.8. The number of hydrogen-bond donors (Lipinski definition) is 1. The van der Waals surface area contributed by atoms with E-state index in [2.05, 4.69) is 26.0 Å². The summed E-state index contributed by atoms with van der Waals surface area (Å²) in [4.78, 5) is 10.8. The van der Waals surface area contributed by atoms with E-state index in [1.54, 1.807) is 0 Å². The first kappa shape index (κ1) is 11.2. The lowest BCUT2D eigenvalue weighted by Crippen LogP contribution is -2.23. The molecule has 76 valence electrons. The summed E-state index contributed by atoms with van der Waals surface area (Å²) in [6, 6.07) is 7.92. The van der Waals surface area contributed by atoms with E-state index in [0.29, 0.717) is 6.54 Å². The molecule has 4 heteroatoms. The molecule has 0 radical (unpaired) electrons. The van der Waals surface area contributed by atoms with E-state index in [4.69, 9.17) is 0 Å². The average Bonchev–Trinajstić information content (AvgIpc) is 2.21. The Morgan fingerprint density at radius 3 is 2.64 bits per heavy atom. The fourth-order valence-corrected chi connectivity index (χ4v) is 1.25. The predicted molar refractivity (Wildman–Crippen MR) is 57.9 cm³/mol. The van der Waals surface area contributed by atoms with Crippen molar-refractivity contribution in [2.45, 2.75) is 6.54 Å². The first-order valence-corrected chi connectivity index (χ1v) is 5.03. The SMILES string of the molecule is COC(=O)CNCc1ccc(Br)cc1. The normalized spacial score (nSPS) is 9.86. The highest BCUT2D eigenvalue weighted by atomic mass is 79.9. The van der Waals surface area contributed by atoms with Crippen LogP contribution in [0.4, 0.5) is 0 Å². The Balaban J connectivity index is 2.31. The summed E-state index contributed by atoms with van der Waals surface area (Å²) in [7, 11) is 1.38. The van der Waals surface area contributed by atoms with Gasteiger partial charge >= 0.3 is 5.97 Å². The van der Waals surface area contributed by atoms with E-state index in [9.17, 15) is 4.79 Å². The number of carbonyl (C=O) groups excluding carboxylic acids is 1. The molecule has 0 spiro atoms. The van der Waals surface area contributed by atoms with Crippen LogP contribution in [-0.2, 0) is 16.1 Å². The summed E-state index contributed by atoms with van der Waals surface area (Å²) in [5.41, 5.74) is 1.14. The van der Waals surface area contributed by atoms with Crippen LogP contribution in [0.3, 0.4) is 0 Å². The summed E-state index contributed by atoms with van der Waals surface area (Å²) < 4.78 is 5.55. The van der Waals surface area contributed by atoms with Gasteiger partial charge < -0.3 is 10.1 Å². The third-order valence-electron chi connectivity index (χ3n) is 1.74. The van der Waals surface area contributed by atoms with Crippen LogP contribution in [0.2, 0.25) is 0 Å². The minimum absolute atomic E-state index is 0.243. The van der Waals surface area contributed by atoms with Crippen molar-refractivity contribution in [3.8, 4) is 0 Å². The van der Waals surface area contributed by atoms with Gasteiger partial charge in [-0.1, -0.05) is 28.1 Å².